The van der Waals surface area contributed by atoms with Crippen LogP contribution in [0.2, 0.25) is 0 Å². The van der Waals surface area contributed by atoms with E-state index in [1.54, 1.807) is 0 Å². The van der Waals surface area contributed by atoms with Gasteiger partial charge < -0.3 is 9.80 Å². The maximum Gasteiger partial charge on any atom is 0.255 e. The summed E-state index contributed by atoms with van der Waals surface area (Å²) < 4.78 is 0. The molecule has 4 aromatic rings. The summed E-state index contributed by atoms with van der Waals surface area (Å²) in [5, 5.41) is 4.28. The van der Waals surface area contributed by atoms with E-state index in [9.17, 15) is 9.59 Å². The lowest BCUT2D eigenvalue weighted by molar-refractivity contribution is -0.124. The van der Waals surface area contributed by atoms with Crippen LogP contribution in [-0.2, 0) is 11.2 Å². The molecule has 5 heteroatoms. The number of rotatable bonds is 3. The van der Waals surface area contributed by atoms with Crippen molar-refractivity contribution in [3.63, 3.8) is 0 Å². The SMILES string of the molecule is O=C(c1c2ccccc2cc2ccccc12)N1CCC(N2CCC[C@@H](C(=O)N3CCc4ccccc43)C2)CC1. The first-order chi connectivity index (χ1) is 19.2. The van der Waals surface area contributed by atoms with Gasteiger partial charge in [-0.05, 0) is 77.9 Å². The van der Waals surface area contributed by atoms with Gasteiger partial charge in [0.25, 0.3) is 5.91 Å². The highest BCUT2D eigenvalue weighted by atomic mass is 16.2. The van der Waals surface area contributed by atoms with E-state index in [1.165, 1.54) is 5.56 Å². The molecule has 2 fully saturated rings. The summed E-state index contributed by atoms with van der Waals surface area (Å²) in [7, 11) is 0. The van der Waals surface area contributed by atoms with Crippen LogP contribution < -0.4 is 4.90 Å². The van der Waals surface area contributed by atoms with Crippen molar-refractivity contribution in [2.24, 2.45) is 5.92 Å². The number of para-hydroxylation sites is 1. The summed E-state index contributed by atoms with van der Waals surface area (Å²) in [5.41, 5.74) is 3.22. The molecule has 7 rings (SSSR count). The van der Waals surface area contributed by atoms with Crippen LogP contribution in [0.3, 0.4) is 0 Å². The van der Waals surface area contributed by atoms with Crippen LogP contribution in [0.25, 0.3) is 21.5 Å². The molecule has 1 atom stereocenters. The highest BCUT2D eigenvalue weighted by Gasteiger charge is 2.36. The van der Waals surface area contributed by atoms with Gasteiger partial charge in [0, 0.05) is 37.9 Å². The third-order valence-corrected chi connectivity index (χ3v) is 9.21. The molecular formula is C34H35N3O2. The Kier molecular flexibility index (Phi) is 6.32. The van der Waals surface area contributed by atoms with Crippen molar-refractivity contribution in [1.82, 2.24) is 9.80 Å². The second kappa shape index (κ2) is 10.1. The Morgan fingerprint density at radius 3 is 2.13 bits per heavy atom. The van der Waals surface area contributed by atoms with Crippen LogP contribution in [0.4, 0.5) is 5.69 Å². The lowest BCUT2D eigenvalue weighted by atomic mass is 9.92. The molecule has 0 unspecified atom stereocenters. The molecule has 0 N–H and O–H groups in total. The molecule has 3 aliphatic heterocycles. The zero-order valence-corrected chi connectivity index (χ0v) is 22.4. The Morgan fingerprint density at radius 1 is 0.718 bits per heavy atom. The van der Waals surface area contributed by atoms with Crippen molar-refractivity contribution in [1.29, 1.82) is 0 Å². The quantitative estimate of drug-likeness (QED) is 0.318. The molecule has 0 radical (unpaired) electrons. The third-order valence-electron chi connectivity index (χ3n) is 9.21. The smallest absolute Gasteiger partial charge is 0.255 e. The van der Waals surface area contributed by atoms with Crippen molar-refractivity contribution in [2.45, 2.75) is 38.1 Å². The van der Waals surface area contributed by atoms with Gasteiger partial charge in [0.2, 0.25) is 5.91 Å². The number of amides is 2. The summed E-state index contributed by atoms with van der Waals surface area (Å²) in [6.07, 6.45) is 4.91. The van der Waals surface area contributed by atoms with E-state index in [-0.39, 0.29) is 11.8 Å². The summed E-state index contributed by atoms with van der Waals surface area (Å²) in [6.45, 7) is 4.21. The number of hydrogen-bond acceptors (Lipinski definition) is 3. The lowest BCUT2D eigenvalue weighted by Gasteiger charge is -2.42. The number of nitrogens with zero attached hydrogens (tertiary/aromatic N) is 3. The molecule has 0 aromatic heterocycles. The second-order valence-electron chi connectivity index (χ2n) is 11.4. The first-order valence-electron chi connectivity index (χ1n) is 14.5. The molecule has 0 spiro atoms. The number of benzene rings is 4. The minimum Gasteiger partial charge on any atom is -0.338 e. The van der Waals surface area contributed by atoms with Crippen molar-refractivity contribution >= 4 is 39.0 Å². The van der Waals surface area contributed by atoms with Gasteiger partial charge in [-0.1, -0.05) is 66.7 Å². The van der Waals surface area contributed by atoms with E-state index < -0.39 is 0 Å². The van der Waals surface area contributed by atoms with E-state index in [1.807, 2.05) is 35.2 Å². The van der Waals surface area contributed by atoms with Crippen LogP contribution in [0.1, 0.15) is 41.6 Å². The van der Waals surface area contributed by atoms with Crippen LogP contribution >= 0.6 is 0 Å². The average Bonchev–Trinajstić information content (AvgIpc) is 3.43. The first-order valence-corrected chi connectivity index (χ1v) is 14.5. The Hall–Kier alpha value is -3.70. The number of fused-ring (bicyclic) bond motifs is 3. The maximum absolute atomic E-state index is 14.0. The van der Waals surface area contributed by atoms with Gasteiger partial charge in [0.05, 0.1) is 11.5 Å². The van der Waals surface area contributed by atoms with E-state index >= 15 is 0 Å². The van der Waals surface area contributed by atoms with Gasteiger partial charge in [-0.25, -0.2) is 0 Å². The molecular weight excluding hydrogens is 482 g/mol. The fourth-order valence-electron chi connectivity index (χ4n) is 7.16. The highest BCUT2D eigenvalue weighted by Crippen LogP contribution is 2.33. The molecule has 5 nitrogen and oxygen atoms in total. The van der Waals surface area contributed by atoms with Gasteiger partial charge in [-0.2, -0.15) is 0 Å². The number of carbonyl (C=O) groups excluding carboxylic acids is 2. The van der Waals surface area contributed by atoms with Crippen molar-refractivity contribution in [3.8, 4) is 0 Å². The van der Waals surface area contributed by atoms with Gasteiger partial charge >= 0.3 is 0 Å². The fourth-order valence-corrected chi connectivity index (χ4v) is 7.16. The molecule has 2 saturated heterocycles. The number of likely N-dealkylation sites (tertiary alicyclic amines) is 2. The Morgan fingerprint density at radius 2 is 1.38 bits per heavy atom. The molecule has 0 saturated carbocycles. The van der Waals surface area contributed by atoms with Crippen molar-refractivity contribution in [3.05, 3.63) is 90.0 Å². The molecule has 39 heavy (non-hydrogen) atoms. The van der Waals surface area contributed by atoms with Crippen LogP contribution in [-0.4, -0.2) is 60.4 Å². The lowest BCUT2D eigenvalue weighted by Crippen LogP contribution is -2.52. The Balaban J connectivity index is 1.04. The van der Waals surface area contributed by atoms with E-state index in [0.717, 1.165) is 97.6 Å². The summed E-state index contributed by atoms with van der Waals surface area (Å²) in [6, 6.07) is 27.4. The summed E-state index contributed by atoms with van der Waals surface area (Å²) in [5.74, 6) is 0.493. The molecule has 4 aromatic carbocycles. The number of anilines is 1. The number of carbonyl (C=O) groups is 2. The monoisotopic (exact) mass is 517 g/mol. The standard InChI is InChI=1S/C34H35N3O2/c38-33(37-21-15-24-8-3-6-14-31(24)37)27-11-7-18-36(23-27)28-16-19-35(20-17-28)34(39)32-29-12-4-1-9-25(29)22-26-10-2-5-13-30(26)32/h1-6,8-10,12-14,22,27-28H,7,11,15-21,23H2/t27-/m1/s1. The van der Waals surface area contributed by atoms with Gasteiger partial charge in [0.15, 0.2) is 0 Å². The van der Waals surface area contributed by atoms with Crippen LogP contribution in [0.15, 0.2) is 78.9 Å². The molecule has 198 valence electrons. The van der Waals surface area contributed by atoms with E-state index in [0.29, 0.717) is 11.9 Å². The minimum absolute atomic E-state index is 0.0617. The maximum atomic E-state index is 14.0. The van der Waals surface area contributed by atoms with Crippen molar-refractivity contribution < 1.29 is 9.59 Å². The third kappa shape index (κ3) is 4.39. The normalized spacial score (nSPS) is 20.5. The van der Waals surface area contributed by atoms with Crippen molar-refractivity contribution in [2.75, 3.05) is 37.6 Å². The predicted octanol–water partition coefficient (Wildman–Crippen LogP) is 5.90. The second-order valence-corrected chi connectivity index (χ2v) is 11.4. The van der Waals surface area contributed by atoms with E-state index in [2.05, 4.69) is 58.3 Å². The Bertz CT molecular complexity index is 1500. The van der Waals surface area contributed by atoms with E-state index in [4.69, 9.17) is 0 Å². The molecule has 3 aliphatic rings. The van der Waals surface area contributed by atoms with Crippen LogP contribution in [0.5, 0.6) is 0 Å². The van der Waals surface area contributed by atoms with Gasteiger partial charge in [-0.15, -0.1) is 0 Å². The molecule has 0 bridgehead atoms. The largest absolute Gasteiger partial charge is 0.338 e. The number of hydrogen-bond donors (Lipinski definition) is 0. The van der Waals surface area contributed by atoms with Gasteiger partial charge in [0.1, 0.15) is 0 Å². The predicted molar refractivity (Wildman–Crippen MR) is 157 cm³/mol. The summed E-state index contributed by atoms with van der Waals surface area (Å²) in [4.78, 5) is 34.1. The average molecular weight is 518 g/mol. The summed E-state index contributed by atoms with van der Waals surface area (Å²) >= 11 is 0. The van der Waals surface area contributed by atoms with Crippen LogP contribution in [0, 0.1) is 5.92 Å². The Labute approximate surface area is 230 Å². The fraction of sp³-hybridized carbons (Fsp3) is 0.353. The molecule has 2 amide bonds. The molecule has 0 aliphatic carbocycles. The van der Waals surface area contributed by atoms with Gasteiger partial charge in [-0.3, -0.25) is 14.5 Å². The number of piperidine rings is 2. The zero-order valence-electron chi connectivity index (χ0n) is 22.4. The highest BCUT2D eigenvalue weighted by molar-refractivity contribution is 6.18. The minimum atomic E-state index is 0.0617. The first kappa shape index (κ1) is 24.3. The molecule has 3 heterocycles. The zero-order chi connectivity index (χ0) is 26.3. The topological polar surface area (TPSA) is 43.9 Å².